The quantitative estimate of drug-likeness (QED) is 0.269. The highest BCUT2D eigenvalue weighted by Gasteiger charge is 2.33. The fraction of sp³-hybridized carbons (Fsp3) is 0.333. The summed E-state index contributed by atoms with van der Waals surface area (Å²) in [5.41, 5.74) is 0.312. The van der Waals surface area contributed by atoms with Gasteiger partial charge in [0.1, 0.15) is 11.6 Å². The first-order valence-corrected chi connectivity index (χ1v) is 15.2. The summed E-state index contributed by atoms with van der Waals surface area (Å²) >= 11 is 6.02. The Morgan fingerprint density at radius 1 is 1.00 bits per heavy atom. The number of rotatable bonds is 10. The molecule has 0 spiro atoms. The lowest BCUT2D eigenvalue weighted by molar-refractivity contribution is -0.149. The average Bonchev–Trinajstić information content (AvgIpc) is 2.94. The minimum absolute atomic E-state index is 0.0149. The van der Waals surface area contributed by atoms with Gasteiger partial charge in [-0.25, -0.2) is 17.2 Å². The Labute approximate surface area is 243 Å². The molecule has 1 aliphatic rings. The smallest absolute Gasteiger partial charge is 0.308 e. The Balaban J connectivity index is 1.59. The Morgan fingerprint density at radius 2 is 1.71 bits per heavy atom. The van der Waals surface area contributed by atoms with Crippen LogP contribution in [0.5, 0.6) is 0 Å². The number of benzene rings is 3. The molecule has 0 unspecified atom stereocenters. The van der Waals surface area contributed by atoms with Crippen molar-refractivity contribution >= 4 is 39.2 Å². The zero-order chi connectivity index (χ0) is 29.6. The van der Waals surface area contributed by atoms with Crippen LogP contribution < -0.4 is 5.32 Å². The lowest BCUT2D eigenvalue weighted by Gasteiger charge is -2.31. The third-order valence-electron chi connectivity index (χ3n) is 7.10. The van der Waals surface area contributed by atoms with Crippen molar-refractivity contribution < 1.29 is 31.5 Å². The van der Waals surface area contributed by atoms with Crippen LogP contribution in [0.15, 0.2) is 71.6 Å². The SMILES string of the molecule is CCOC(=O)C1CCC(CN(Cc2ccc(Cl)cc2)S(=O)(=O)c2ccc(F)c(C(=O)Nc3cccc(F)c3)c2)CC1. The number of nitrogens with zero attached hydrogens (tertiary/aromatic N) is 1. The predicted octanol–water partition coefficient (Wildman–Crippen LogP) is 6.43. The monoisotopic (exact) mass is 604 g/mol. The minimum atomic E-state index is -4.20. The van der Waals surface area contributed by atoms with E-state index in [0.717, 1.165) is 24.3 Å². The number of hydrogen-bond donors (Lipinski definition) is 1. The van der Waals surface area contributed by atoms with Crippen molar-refractivity contribution in [3.63, 3.8) is 0 Å². The number of amides is 1. The summed E-state index contributed by atoms with van der Waals surface area (Å²) in [6.45, 7) is 2.27. The minimum Gasteiger partial charge on any atom is -0.466 e. The summed E-state index contributed by atoms with van der Waals surface area (Å²) in [6, 6.07) is 14.9. The largest absolute Gasteiger partial charge is 0.466 e. The highest BCUT2D eigenvalue weighted by Crippen LogP contribution is 2.32. The maximum atomic E-state index is 14.7. The molecule has 1 amide bonds. The molecule has 0 radical (unpaired) electrons. The molecule has 0 saturated heterocycles. The predicted molar refractivity (Wildman–Crippen MR) is 152 cm³/mol. The van der Waals surface area contributed by atoms with Gasteiger partial charge in [0, 0.05) is 23.8 Å². The second-order valence-corrected chi connectivity index (χ2v) is 12.4. The molecule has 7 nitrogen and oxygen atoms in total. The van der Waals surface area contributed by atoms with Crippen molar-refractivity contribution in [1.82, 2.24) is 4.31 Å². The number of anilines is 1. The van der Waals surface area contributed by atoms with Crippen molar-refractivity contribution in [2.45, 2.75) is 44.0 Å². The van der Waals surface area contributed by atoms with Crippen LogP contribution in [0.3, 0.4) is 0 Å². The molecule has 0 aliphatic heterocycles. The summed E-state index contributed by atoms with van der Waals surface area (Å²) in [4.78, 5) is 24.7. The van der Waals surface area contributed by atoms with Crippen molar-refractivity contribution in [3.05, 3.63) is 94.5 Å². The van der Waals surface area contributed by atoms with E-state index in [-0.39, 0.29) is 41.5 Å². The molecule has 218 valence electrons. The number of carbonyl (C=O) groups excluding carboxylic acids is 2. The zero-order valence-electron chi connectivity index (χ0n) is 22.5. The van der Waals surface area contributed by atoms with Gasteiger partial charge >= 0.3 is 5.97 Å². The number of hydrogen-bond acceptors (Lipinski definition) is 5. The fourth-order valence-electron chi connectivity index (χ4n) is 4.92. The van der Waals surface area contributed by atoms with Gasteiger partial charge in [0.25, 0.3) is 5.91 Å². The van der Waals surface area contributed by atoms with Gasteiger partial charge in [-0.15, -0.1) is 0 Å². The first-order chi connectivity index (χ1) is 19.6. The van der Waals surface area contributed by atoms with Gasteiger partial charge in [0.15, 0.2) is 0 Å². The van der Waals surface area contributed by atoms with Crippen LogP contribution in [-0.4, -0.2) is 37.8 Å². The van der Waals surface area contributed by atoms with E-state index < -0.39 is 33.1 Å². The van der Waals surface area contributed by atoms with E-state index in [2.05, 4.69) is 5.32 Å². The number of esters is 1. The molecule has 0 aromatic heterocycles. The topological polar surface area (TPSA) is 92.8 Å². The van der Waals surface area contributed by atoms with Gasteiger partial charge in [-0.1, -0.05) is 29.8 Å². The van der Waals surface area contributed by atoms with Crippen molar-refractivity contribution in [3.8, 4) is 0 Å². The zero-order valence-corrected chi connectivity index (χ0v) is 24.1. The Bertz CT molecular complexity index is 1490. The third kappa shape index (κ3) is 7.90. The fourth-order valence-corrected chi connectivity index (χ4v) is 6.58. The highest BCUT2D eigenvalue weighted by molar-refractivity contribution is 7.89. The van der Waals surface area contributed by atoms with Crippen molar-refractivity contribution in [2.24, 2.45) is 11.8 Å². The highest BCUT2D eigenvalue weighted by atomic mass is 35.5. The van der Waals surface area contributed by atoms with E-state index in [4.69, 9.17) is 16.3 Å². The van der Waals surface area contributed by atoms with Gasteiger partial charge in [-0.2, -0.15) is 4.31 Å². The average molecular weight is 605 g/mol. The Morgan fingerprint density at radius 3 is 2.37 bits per heavy atom. The first kappa shape index (κ1) is 30.6. The molecule has 0 atom stereocenters. The van der Waals surface area contributed by atoms with E-state index in [1.165, 1.54) is 22.5 Å². The van der Waals surface area contributed by atoms with Crippen molar-refractivity contribution in [1.29, 1.82) is 0 Å². The number of halogens is 3. The van der Waals surface area contributed by atoms with E-state index in [0.29, 0.717) is 42.9 Å². The van der Waals surface area contributed by atoms with Crippen LogP contribution in [0.2, 0.25) is 5.02 Å². The first-order valence-electron chi connectivity index (χ1n) is 13.3. The van der Waals surface area contributed by atoms with Gasteiger partial charge in [-0.3, -0.25) is 9.59 Å². The number of ether oxygens (including phenoxy) is 1. The Kier molecular flexibility index (Phi) is 10.1. The molecule has 11 heteroatoms. The molecule has 4 rings (SSSR count). The molecule has 1 aliphatic carbocycles. The van der Waals surface area contributed by atoms with Gasteiger partial charge in [-0.05, 0) is 92.6 Å². The summed E-state index contributed by atoms with van der Waals surface area (Å²) in [5.74, 6) is -2.87. The lowest BCUT2D eigenvalue weighted by atomic mass is 9.82. The summed E-state index contributed by atoms with van der Waals surface area (Å²) in [5, 5.41) is 2.91. The molecular formula is C30H31ClF2N2O5S. The molecule has 0 bridgehead atoms. The van der Waals surface area contributed by atoms with E-state index >= 15 is 0 Å². The molecular weight excluding hydrogens is 574 g/mol. The molecule has 41 heavy (non-hydrogen) atoms. The van der Waals surface area contributed by atoms with Crippen LogP contribution in [0.25, 0.3) is 0 Å². The second kappa shape index (κ2) is 13.5. The van der Waals surface area contributed by atoms with Crippen LogP contribution in [-0.2, 0) is 26.1 Å². The van der Waals surface area contributed by atoms with Gasteiger partial charge in [0.05, 0.1) is 23.0 Å². The van der Waals surface area contributed by atoms with Gasteiger partial charge < -0.3 is 10.1 Å². The standard InChI is InChI=1S/C30H31ClF2N2O5S/c1-2-40-30(37)22-10-6-20(7-11-22)18-35(19-21-8-12-23(31)13-9-21)41(38,39)26-14-15-28(33)27(17-26)29(36)34-25-5-3-4-24(32)16-25/h3-5,8-9,12-17,20,22H,2,6-7,10-11,18-19H2,1H3,(H,34,36). The van der Waals surface area contributed by atoms with Crippen LogP contribution in [0.4, 0.5) is 14.5 Å². The summed E-state index contributed by atoms with van der Waals surface area (Å²) < 4.78 is 62.6. The molecule has 1 fully saturated rings. The summed E-state index contributed by atoms with van der Waals surface area (Å²) in [6.07, 6.45) is 2.47. The number of nitrogens with one attached hydrogen (secondary N) is 1. The van der Waals surface area contributed by atoms with Crippen LogP contribution in [0.1, 0.15) is 48.5 Å². The maximum absolute atomic E-state index is 14.7. The maximum Gasteiger partial charge on any atom is 0.308 e. The van der Waals surface area contributed by atoms with Gasteiger partial charge in [0.2, 0.25) is 10.0 Å². The van der Waals surface area contributed by atoms with Crippen molar-refractivity contribution in [2.75, 3.05) is 18.5 Å². The van der Waals surface area contributed by atoms with E-state index in [1.54, 1.807) is 31.2 Å². The van der Waals surface area contributed by atoms with Crippen LogP contribution in [0, 0.1) is 23.5 Å². The summed E-state index contributed by atoms with van der Waals surface area (Å²) in [7, 11) is -4.20. The second-order valence-electron chi connectivity index (χ2n) is 10.00. The third-order valence-corrected chi connectivity index (χ3v) is 9.16. The molecule has 1 N–H and O–H groups in total. The number of carbonyl (C=O) groups is 2. The van der Waals surface area contributed by atoms with Crippen LogP contribution >= 0.6 is 11.6 Å². The van der Waals surface area contributed by atoms with E-state index in [1.807, 2.05) is 0 Å². The molecule has 3 aromatic rings. The normalized spacial score (nSPS) is 17.3. The Hall–Kier alpha value is -3.34. The molecule has 3 aromatic carbocycles. The lowest BCUT2D eigenvalue weighted by Crippen LogP contribution is -2.37. The number of sulfonamides is 1. The molecule has 1 saturated carbocycles. The molecule has 0 heterocycles. The van der Waals surface area contributed by atoms with E-state index in [9.17, 15) is 26.8 Å².